The van der Waals surface area contributed by atoms with Gasteiger partial charge in [-0.25, -0.2) is 4.98 Å². The largest absolute Gasteiger partial charge is 0.347 e. The van der Waals surface area contributed by atoms with E-state index in [9.17, 15) is 4.79 Å². The second kappa shape index (κ2) is 8.34. The molecule has 1 amide bonds. The van der Waals surface area contributed by atoms with Crippen LogP contribution in [0.3, 0.4) is 0 Å². The highest BCUT2D eigenvalue weighted by molar-refractivity contribution is 5.95. The van der Waals surface area contributed by atoms with Crippen LogP contribution >= 0.6 is 24.8 Å². The van der Waals surface area contributed by atoms with Gasteiger partial charge in [0, 0.05) is 29.2 Å². The summed E-state index contributed by atoms with van der Waals surface area (Å²) in [5.41, 5.74) is 1.50. The second-order valence-electron chi connectivity index (χ2n) is 5.79. The van der Waals surface area contributed by atoms with Gasteiger partial charge in [-0.2, -0.15) is 0 Å². The van der Waals surface area contributed by atoms with Gasteiger partial charge in [0.15, 0.2) is 0 Å². The van der Waals surface area contributed by atoms with E-state index in [-0.39, 0.29) is 36.3 Å². The molecular formula is C16H22Cl2N4O. The summed E-state index contributed by atoms with van der Waals surface area (Å²) in [6.45, 7) is 4.02. The SMILES string of the molecule is CC1(NC(=O)c2cccc(-n3ccnc3)c2)CCNCC1.Cl.Cl. The summed E-state index contributed by atoms with van der Waals surface area (Å²) < 4.78 is 1.89. The van der Waals surface area contributed by atoms with E-state index in [4.69, 9.17) is 0 Å². The van der Waals surface area contributed by atoms with Crippen molar-refractivity contribution in [3.63, 3.8) is 0 Å². The van der Waals surface area contributed by atoms with Gasteiger partial charge >= 0.3 is 0 Å². The van der Waals surface area contributed by atoms with Gasteiger partial charge in [-0.1, -0.05) is 6.07 Å². The van der Waals surface area contributed by atoms with Crippen LogP contribution < -0.4 is 10.6 Å². The second-order valence-corrected chi connectivity index (χ2v) is 5.79. The molecule has 3 rings (SSSR count). The number of nitrogens with one attached hydrogen (secondary N) is 2. The number of aromatic nitrogens is 2. The fourth-order valence-corrected chi connectivity index (χ4v) is 2.67. The van der Waals surface area contributed by atoms with Gasteiger partial charge in [-0.05, 0) is 51.1 Å². The predicted octanol–water partition coefficient (Wildman–Crippen LogP) is 2.59. The lowest BCUT2D eigenvalue weighted by Crippen LogP contribution is -2.52. The molecule has 1 fully saturated rings. The smallest absolute Gasteiger partial charge is 0.251 e. The van der Waals surface area contributed by atoms with Crippen LogP contribution in [0.15, 0.2) is 43.0 Å². The highest BCUT2D eigenvalue weighted by Crippen LogP contribution is 2.18. The number of hydrogen-bond donors (Lipinski definition) is 2. The molecule has 0 bridgehead atoms. The lowest BCUT2D eigenvalue weighted by atomic mass is 9.90. The third-order valence-corrected chi connectivity index (χ3v) is 4.03. The summed E-state index contributed by atoms with van der Waals surface area (Å²) >= 11 is 0. The van der Waals surface area contributed by atoms with E-state index in [0.29, 0.717) is 5.56 Å². The number of carbonyl (C=O) groups excluding carboxylic acids is 1. The Morgan fingerprint density at radius 3 is 2.70 bits per heavy atom. The van der Waals surface area contributed by atoms with Crippen molar-refractivity contribution in [2.24, 2.45) is 0 Å². The maximum absolute atomic E-state index is 12.5. The molecule has 0 saturated carbocycles. The topological polar surface area (TPSA) is 59.0 Å². The number of piperidine rings is 1. The summed E-state index contributed by atoms with van der Waals surface area (Å²) in [6, 6.07) is 7.60. The molecular weight excluding hydrogens is 335 g/mol. The molecule has 1 aromatic carbocycles. The Morgan fingerprint density at radius 2 is 2.04 bits per heavy atom. The van der Waals surface area contributed by atoms with E-state index >= 15 is 0 Å². The first-order chi connectivity index (χ1) is 10.2. The molecule has 0 radical (unpaired) electrons. The fraction of sp³-hybridized carbons (Fsp3) is 0.375. The number of benzene rings is 1. The molecule has 23 heavy (non-hydrogen) atoms. The number of imidazole rings is 1. The number of hydrogen-bond acceptors (Lipinski definition) is 3. The van der Waals surface area contributed by atoms with E-state index in [1.165, 1.54) is 0 Å². The van der Waals surface area contributed by atoms with Crippen molar-refractivity contribution in [1.82, 2.24) is 20.2 Å². The van der Waals surface area contributed by atoms with Crippen LogP contribution in [-0.2, 0) is 0 Å². The monoisotopic (exact) mass is 356 g/mol. The highest BCUT2D eigenvalue weighted by atomic mass is 35.5. The minimum Gasteiger partial charge on any atom is -0.347 e. The summed E-state index contributed by atoms with van der Waals surface area (Å²) in [5, 5.41) is 6.50. The maximum Gasteiger partial charge on any atom is 0.251 e. The van der Waals surface area contributed by atoms with E-state index in [1.54, 1.807) is 12.5 Å². The molecule has 126 valence electrons. The zero-order chi connectivity index (χ0) is 14.7. The van der Waals surface area contributed by atoms with Crippen LogP contribution in [0.2, 0.25) is 0 Å². The van der Waals surface area contributed by atoms with Gasteiger partial charge in [-0.15, -0.1) is 24.8 Å². The van der Waals surface area contributed by atoms with Gasteiger partial charge in [0.2, 0.25) is 0 Å². The average Bonchev–Trinajstić information content (AvgIpc) is 3.02. The third-order valence-electron chi connectivity index (χ3n) is 4.03. The van der Waals surface area contributed by atoms with E-state index in [1.807, 2.05) is 35.0 Å². The van der Waals surface area contributed by atoms with Gasteiger partial charge in [-0.3, -0.25) is 4.79 Å². The third kappa shape index (κ3) is 4.70. The van der Waals surface area contributed by atoms with Crippen molar-refractivity contribution in [2.75, 3.05) is 13.1 Å². The quantitative estimate of drug-likeness (QED) is 0.888. The lowest BCUT2D eigenvalue weighted by molar-refractivity contribution is 0.0887. The number of rotatable bonds is 3. The zero-order valence-electron chi connectivity index (χ0n) is 13.0. The van der Waals surface area contributed by atoms with Crippen molar-refractivity contribution in [1.29, 1.82) is 0 Å². The Kier molecular flexibility index (Phi) is 7.06. The first-order valence-corrected chi connectivity index (χ1v) is 7.28. The molecule has 1 aromatic heterocycles. The molecule has 5 nitrogen and oxygen atoms in total. The summed E-state index contributed by atoms with van der Waals surface area (Å²) in [6.07, 6.45) is 7.24. The molecule has 0 spiro atoms. The Labute approximate surface area is 148 Å². The van der Waals surface area contributed by atoms with Crippen LogP contribution in [0.25, 0.3) is 5.69 Å². The molecule has 2 aromatic rings. The van der Waals surface area contributed by atoms with Crippen molar-refractivity contribution < 1.29 is 4.79 Å². The summed E-state index contributed by atoms with van der Waals surface area (Å²) in [5.74, 6) is -0.0126. The Balaban J connectivity index is 0.00000132. The first-order valence-electron chi connectivity index (χ1n) is 7.28. The number of nitrogens with zero attached hydrogens (tertiary/aromatic N) is 2. The van der Waals surface area contributed by atoms with Crippen molar-refractivity contribution >= 4 is 30.7 Å². The standard InChI is InChI=1S/C16H20N4O.2ClH/c1-16(5-7-17-8-6-16)19-15(21)13-3-2-4-14(11-13)20-10-9-18-12-20;;/h2-4,9-12,17H,5-8H2,1H3,(H,19,21);2*1H. The summed E-state index contributed by atoms with van der Waals surface area (Å²) in [4.78, 5) is 16.5. The Hall–Kier alpha value is -1.56. The first kappa shape index (κ1) is 19.5. The van der Waals surface area contributed by atoms with Crippen LogP contribution in [0, 0.1) is 0 Å². The number of carbonyl (C=O) groups is 1. The maximum atomic E-state index is 12.5. The van der Waals surface area contributed by atoms with Crippen LogP contribution in [0.4, 0.5) is 0 Å². The van der Waals surface area contributed by atoms with Gasteiger partial charge < -0.3 is 15.2 Å². The van der Waals surface area contributed by atoms with Crippen LogP contribution in [-0.4, -0.2) is 34.1 Å². The minimum absolute atomic E-state index is 0. The summed E-state index contributed by atoms with van der Waals surface area (Å²) in [7, 11) is 0. The number of amides is 1. The Morgan fingerprint density at radius 1 is 1.30 bits per heavy atom. The molecule has 1 aliphatic rings. The van der Waals surface area contributed by atoms with Gasteiger partial charge in [0.25, 0.3) is 5.91 Å². The zero-order valence-corrected chi connectivity index (χ0v) is 14.6. The normalized spacial score (nSPS) is 15.9. The van der Waals surface area contributed by atoms with Gasteiger partial charge in [0.05, 0.1) is 6.33 Å². The van der Waals surface area contributed by atoms with Crippen molar-refractivity contribution in [3.05, 3.63) is 48.5 Å². The fourth-order valence-electron chi connectivity index (χ4n) is 2.67. The molecule has 2 N–H and O–H groups in total. The van der Waals surface area contributed by atoms with Crippen LogP contribution in [0.5, 0.6) is 0 Å². The Bertz CT molecular complexity index is 625. The van der Waals surface area contributed by atoms with Crippen molar-refractivity contribution in [2.45, 2.75) is 25.3 Å². The van der Waals surface area contributed by atoms with Gasteiger partial charge in [0.1, 0.15) is 0 Å². The highest BCUT2D eigenvalue weighted by Gasteiger charge is 2.28. The molecule has 7 heteroatoms. The van der Waals surface area contributed by atoms with E-state index in [2.05, 4.69) is 22.5 Å². The van der Waals surface area contributed by atoms with Crippen molar-refractivity contribution in [3.8, 4) is 5.69 Å². The minimum atomic E-state index is -0.118. The molecule has 0 unspecified atom stereocenters. The lowest BCUT2D eigenvalue weighted by Gasteiger charge is -2.35. The predicted molar refractivity (Wildman–Crippen MR) is 96.0 cm³/mol. The van der Waals surface area contributed by atoms with Crippen LogP contribution in [0.1, 0.15) is 30.1 Å². The van der Waals surface area contributed by atoms with E-state index in [0.717, 1.165) is 31.6 Å². The molecule has 1 saturated heterocycles. The molecule has 2 heterocycles. The number of halogens is 2. The van der Waals surface area contributed by atoms with E-state index < -0.39 is 0 Å². The molecule has 0 aliphatic carbocycles. The molecule has 1 aliphatic heterocycles. The average molecular weight is 357 g/mol. The molecule has 0 atom stereocenters.